The molecular formula is C12H24O8. The van der Waals surface area contributed by atoms with Crippen molar-refractivity contribution >= 4 is 5.97 Å². The largest absolute Gasteiger partial charge is 0.481 e. The number of unbranched alkanes of at least 4 members (excludes halogenated alkanes) is 2. The minimum atomic E-state index is -1.57. The number of hydrogen-bond acceptors (Lipinski definition) is 7. The van der Waals surface area contributed by atoms with Gasteiger partial charge in [0, 0.05) is 6.42 Å². The first kappa shape index (κ1) is 19.2. The van der Waals surface area contributed by atoms with Gasteiger partial charge in [-0.1, -0.05) is 19.8 Å². The van der Waals surface area contributed by atoms with Crippen LogP contribution in [0.5, 0.6) is 0 Å². The molecule has 0 spiro atoms. The van der Waals surface area contributed by atoms with E-state index in [2.05, 4.69) is 11.7 Å². The molecule has 8 heteroatoms. The molecule has 20 heavy (non-hydrogen) atoms. The third-order valence-electron chi connectivity index (χ3n) is 2.86. The van der Waals surface area contributed by atoms with Crippen molar-refractivity contribution in [3.05, 3.63) is 0 Å². The van der Waals surface area contributed by atoms with Gasteiger partial charge in [0.05, 0.1) is 6.61 Å². The Morgan fingerprint density at radius 1 is 1.05 bits per heavy atom. The smallest absolute Gasteiger partial charge is 0.303 e. The SMILES string of the molecule is CCCCCC(=O)O.OC[C@H]1OC(O)[C@H](O)[C@@H](O)[C@@H]1O. The van der Waals surface area contributed by atoms with Gasteiger partial charge in [0.2, 0.25) is 0 Å². The number of aliphatic hydroxyl groups excluding tert-OH is 5. The van der Waals surface area contributed by atoms with Crippen LogP contribution in [0.4, 0.5) is 0 Å². The quantitative estimate of drug-likeness (QED) is 0.333. The lowest BCUT2D eigenvalue weighted by atomic mass is 10.00. The Kier molecular flexibility index (Phi) is 9.64. The fraction of sp³-hybridized carbons (Fsp3) is 0.917. The third-order valence-corrected chi connectivity index (χ3v) is 2.86. The van der Waals surface area contributed by atoms with Crippen LogP contribution in [-0.2, 0) is 9.53 Å². The number of carboxylic acid groups (broad SMARTS) is 1. The molecule has 0 radical (unpaired) electrons. The van der Waals surface area contributed by atoms with Gasteiger partial charge in [0.15, 0.2) is 6.29 Å². The molecule has 1 aliphatic heterocycles. The summed E-state index contributed by atoms with van der Waals surface area (Å²) in [6.07, 6.45) is -3.76. The van der Waals surface area contributed by atoms with Gasteiger partial charge in [0.1, 0.15) is 24.4 Å². The first-order valence-corrected chi connectivity index (χ1v) is 6.55. The highest BCUT2D eigenvalue weighted by Crippen LogP contribution is 2.18. The van der Waals surface area contributed by atoms with Gasteiger partial charge in [-0.2, -0.15) is 0 Å². The molecule has 8 nitrogen and oxygen atoms in total. The number of hydrogen-bond donors (Lipinski definition) is 6. The van der Waals surface area contributed by atoms with Gasteiger partial charge >= 0.3 is 5.97 Å². The van der Waals surface area contributed by atoms with Crippen molar-refractivity contribution in [2.24, 2.45) is 0 Å². The van der Waals surface area contributed by atoms with Crippen LogP contribution >= 0.6 is 0 Å². The Morgan fingerprint density at radius 3 is 2.10 bits per heavy atom. The van der Waals surface area contributed by atoms with Crippen molar-refractivity contribution in [3.63, 3.8) is 0 Å². The maximum Gasteiger partial charge on any atom is 0.303 e. The Bertz CT molecular complexity index is 267. The molecule has 1 fully saturated rings. The van der Waals surface area contributed by atoms with Crippen molar-refractivity contribution in [3.8, 4) is 0 Å². The van der Waals surface area contributed by atoms with E-state index in [0.29, 0.717) is 6.42 Å². The summed E-state index contributed by atoms with van der Waals surface area (Å²) in [5, 5.41) is 52.8. The van der Waals surface area contributed by atoms with Gasteiger partial charge in [0.25, 0.3) is 0 Å². The molecular weight excluding hydrogens is 272 g/mol. The van der Waals surface area contributed by atoms with Crippen molar-refractivity contribution in [2.45, 2.75) is 63.3 Å². The predicted molar refractivity (Wildman–Crippen MR) is 67.8 cm³/mol. The predicted octanol–water partition coefficient (Wildman–Crippen LogP) is -1.57. The fourth-order valence-electron chi connectivity index (χ4n) is 1.61. The molecule has 6 N–H and O–H groups in total. The van der Waals surface area contributed by atoms with E-state index >= 15 is 0 Å². The molecule has 1 saturated heterocycles. The summed E-state index contributed by atoms with van der Waals surface area (Å²) in [6, 6.07) is 0. The average Bonchev–Trinajstić information content (AvgIpc) is 2.41. The standard InChI is InChI=1S/C6H12O6.C6H12O2/c7-1-2-3(8)4(9)5(10)6(11)12-2;1-2-3-4-5-6(7)8/h2-11H,1H2;2-5H2,1H3,(H,7,8)/t2-,3-,4+,5-,6?;/m1./s1. The molecule has 0 aromatic rings. The van der Waals surface area contributed by atoms with E-state index in [1.165, 1.54) is 0 Å². The topological polar surface area (TPSA) is 148 Å². The van der Waals surface area contributed by atoms with Gasteiger partial charge in [-0.3, -0.25) is 4.79 Å². The fourth-order valence-corrected chi connectivity index (χ4v) is 1.61. The van der Waals surface area contributed by atoms with Crippen LogP contribution in [0.3, 0.4) is 0 Å². The van der Waals surface area contributed by atoms with Crippen LogP contribution < -0.4 is 0 Å². The van der Waals surface area contributed by atoms with E-state index in [-0.39, 0.29) is 0 Å². The monoisotopic (exact) mass is 296 g/mol. The van der Waals surface area contributed by atoms with E-state index in [1.807, 2.05) is 0 Å². The summed E-state index contributed by atoms with van der Waals surface area (Å²) in [5.41, 5.74) is 0. The lowest BCUT2D eigenvalue weighted by molar-refractivity contribution is -0.286. The third kappa shape index (κ3) is 6.60. The first-order chi connectivity index (χ1) is 9.34. The van der Waals surface area contributed by atoms with Crippen molar-refractivity contribution in [1.82, 2.24) is 0 Å². The minimum Gasteiger partial charge on any atom is -0.481 e. The first-order valence-electron chi connectivity index (χ1n) is 6.55. The molecule has 120 valence electrons. The summed E-state index contributed by atoms with van der Waals surface area (Å²) >= 11 is 0. The van der Waals surface area contributed by atoms with Crippen LogP contribution in [0.1, 0.15) is 32.6 Å². The minimum absolute atomic E-state index is 0.327. The summed E-state index contributed by atoms with van der Waals surface area (Å²) in [6.45, 7) is 1.53. The van der Waals surface area contributed by atoms with E-state index < -0.39 is 43.3 Å². The molecule has 1 unspecified atom stereocenters. The van der Waals surface area contributed by atoms with Crippen LogP contribution in [0.15, 0.2) is 0 Å². The molecule has 5 atom stereocenters. The second-order valence-corrected chi connectivity index (χ2v) is 4.57. The number of carboxylic acids is 1. The highest BCUT2D eigenvalue weighted by Gasteiger charge is 2.42. The lowest BCUT2D eigenvalue weighted by Crippen LogP contribution is -2.58. The normalized spacial score (nSPS) is 33.2. The zero-order chi connectivity index (χ0) is 15.7. The molecule has 0 aromatic carbocycles. The van der Waals surface area contributed by atoms with Crippen LogP contribution in [-0.4, -0.2) is 73.9 Å². The second kappa shape index (κ2) is 10.0. The molecule has 0 saturated carbocycles. The highest BCUT2D eigenvalue weighted by atomic mass is 16.6. The molecule has 0 aromatic heterocycles. The van der Waals surface area contributed by atoms with E-state index in [0.717, 1.165) is 19.3 Å². The number of aliphatic hydroxyl groups is 5. The van der Waals surface area contributed by atoms with Crippen LogP contribution in [0.2, 0.25) is 0 Å². The molecule has 1 rings (SSSR count). The van der Waals surface area contributed by atoms with E-state index in [4.69, 9.17) is 30.6 Å². The number of ether oxygens (including phenoxy) is 1. The number of carbonyl (C=O) groups is 1. The summed E-state index contributed by atoms with van der Waals surface area (Å²) in [4.78, 5) is 9.87. The Morgan fingerprint density at radius 2 is 1.65 bits per heavy atom. The Balaban J connectivity index is 0.000000396. The van der Waals surface area contributed by atoms with Gasteiger partial charge in [-0.15, -0.1) is 0 Å². The van der Waals surface area contributed by atoms with E-state index in [1.54, 1.807) is 0 Å². The van der Waals surface area contributed by atoms with Crippen LogP contribution in [0.25, 0.3) is 0 Å². The molecule has 0 amide bonds. The Labute approximate surface area is 117 Å². The van der Waals surface area contributed by atoms with E-state index in [9.17, 15) is 4.79 Å². The highest BCUT2D eigenvalue weighted by molar-refractivity contribution is 5.66. The molecule has 0 aliphatic carbocycles. The zero-order valence-corrected chi connectivity index (χ0v) is 11.4. The molecule has 0 bridgehead atoms. The average molecular weight is 296 g/mol. The molecule has 1 heterocycles. The summed E-state index contributed by atoms with van der Waals surface area (Å²) < 4.78 is 4.58. The number of aliphatic carboxylic acids is 1. The van der Waals surface area contributed by atoms with Gasteiger partial charge in [-0.05, 0) is 6.42 Å². The van der Waals surface area contributed by atoms with Gasteiger partial charge in [-0.25, -0.2) is 0 Å². The molecule has 1 aliphatic rings. The van der Waals surface area contributed by atoms with Crippen molar-refractivity contribution in [1.29, 1.82) is 0 Å². The van der Waals surface area contributed by atoms with Gasteiger partial charge < -0.3 is 35.4 Å². The van der Waals surface area contributed by atoms with Crippen molar-refractivity contribution in [2.75, 3.05) is 6.61 Å². The van der Waals surface area contributed by atoms with Crippen molar-refractivity contribution < 1.29 is 40.2 Å². The second-order valence-electron chi connectivity index (χ2n) is 4.57. The maximum absolute atomic E-state index is 9.87. The number of rotatable bonds is 5. The summed E-state index contributed by atoms with van der Waals surface area (Å²) in [5.74, 6) is -0.682. The maximum atomic E-state index is 9.87. The summed E-state index contributed by atoms with van der Waals surface area (Å²) in [7, 11) is 0. The van der Waals surface area contributed by atoms with Crippen LogP contribution in [0, 0.1) is 0 Å². The lowest BCUT2D eigenvalue weighted by Gasteiger charge is -2.37. The zero-order valence-electron chi connectivity index (χ0n) is 11.4. The Hall–Kier alpha value is -0.770.